The molecule has 2 aromatic rings. The first-order valence-electron chi connectivity index (χ1n) is 8.23. The van der Waals surface area contributed by atoms with Crippen LogP contribution in [0.1, 0.15) is 39.8 Å². The number of amides is 1. The van der Waals surface area contributed by atoms with E-state index in [-0.39, 0.29) is 11.8 Å². The summed E-state index contributed by atoms with van der Waals surface area (Å²) in [5, 5.41) is 2.93. The van der Waals surface area contributed by atoms with Crippen LogP contribution >= 0.6 is 0 Å². The topological polar surface area (TPSA) is 54.9 Å². The van der Waals surface area contributed by atoms with Crippen LogP contribution in [0, 0.1) is 11.8 Å². The van der Waals surface area contributed by atoms with Gasteiger partial charge in [-0.15, -0.1) is 0 Å². The largest absolute Gasteiger partial charge is 0.309 e. The van der Waals surface area contributed by atoms with Gasteiger partial charge in [-0.3, -0.25) is 4.79 Å². The van der Waals surface area contributed by atoms with Crippen molar-refractivity contribution in [1.82, 2.24) is 9.97 Å². The van der Waals surface area contributed by atoms with Gasteiger partial charge < -0.3 is 5.32 Å². The lowest BCUT2D eigenvalue weighted by Gasteiger charge is -2.14. The summed E-state index contributed by atoms with van der Waals surface area (Å²) < 4.78 is 0. The Balaban J connectivity index is 2.33. The highest BCUT2D eigenvalue weighted by molar-refractivity contribution is 5.91. The number of hydrogen-bond acceptors (Lipinski definition) is 3. The van der Waals surface area contributed by atoms with E-state index in [1.807, 2.05) is 44.2 Å². The normalized spacial score (nSPS) is 12.2. The van der Waals surface area contributed by atoms with Gasteiger partial charge in [-0.2, -0.15) is 0 Å². The van der Waals surface area contributed by atoms with Gasteiger partial charge in [0.05, 0.1) is 17.6 Å². The van der Waals surface area contributed by atoms with E-state index in [1.54, 1.807) is 6.20 Å². The van der Waals surface area contributed by atoms with E-state index in [9.17, 15) is 4.79 Å². The minimum atomic E-state index is -0.0301. The molecule has 23 heavy (non-hydrogen) atoms. The van der Waals surface area contributed by atoms with E-state index < -0.39 is 0 Å². The molecule has 2 rings (SSSR count). The van der Waals surface area contributed by atoms with Crippen LogP contribution < -0.4 is 5.32 Å². The van der Waals surface area contributed by atoms with E-state index in [0.717, 1.165) is 29.8 Å². The fourth-order valence-electron chi connectivity index (χ4n) is 2.23. The van der Waals surface area contributed by atoms with Gasteiger partial charge in [0.2, 0.25) is 5.91 Å². The first-order chi connectivity index (χ1) is 11.0. The third kappa shape index (κ3) is 4.62. The van der Waals surface area contributed by atoms with Crippen LogP contribution in [-0.2, 0) is 11.2 Å². The molecule has 1 aromatic carbocycles. The number of anilines is 1. The SMILES string of the molecule is CCC(C)C(=O)Nc1ncc(-c2ccccc2)nc1CC(C)C. The second kappa shape index (κ2) is 7.86. The van der Waals surface area contributed by atoms with Crippen molar-refractivity contribution in [3.05, 3.63) is 42.2 Å². The molecule has 0 fully saturated rings. The fraction of sp³-hybridized carbons (Fsp3) is 0.421. The Bertz CT molecular complexity index is 653. The Morgan fingerprint density at radius 3 is 2.48 bits per heavy atom. The summed E-state index contributed by atoms with van der Waals surface area (Å²) in [7, 11) is 0. The molecule has 0 radical (unpaired) electrons. The maximum atomic E-state index is 12.2. The Kier molecular flexibility index (Phi) is 5.85. The van der Waals surface area contributed by atoms with Gasteiger partial charge in [-0.1, -0.05) is 58.0 Å². The lowest BCUT2D eigenvalue weighted by atomic mass is 10.1. The number of benzene rings is 1. The maximum absolute atomic E-state index is 12.2. The Labute approximate surface area is 138 Å². The molecule has 1 aromatic heterocycles. The molecule has 0 saturated carbocycles. The van der Waals surface area contributed by atoms with E-state index in [4.69, 9.17) is 4.98 Å². The van der Waals surface area contributed by atoms with Crippen LogP contribution in [0.3, 0.4) is 0 Å². The van der Waals surface area contributed by atoms with Crippen LogP contribution in [0.25, 0.3) is 11.3 Å². The van der Waals surface area contributed by atoms with Crippen molar-refractivity contribution < 1.29 is 4.79 Å². The molecule has 1 unspecified atom stereocenters. The van der Waals surface area contributed by atoms with Gasteiger partial charge in [0, 0.05) is 11.5 Å². The van der Waals surface area contributed by atoms with Crippen LogP contribution in [0.15, 0.2) is 36.5 Å². The lowest BCUT2D eigenvalue weighted by molar-refractivity contribution is -0.119. The van der Waals surface area contributed by atoms with E-state index >= 15 is 0 Å². The third-order valence-corrected chi connectivity index (χ3v) is 3.82. The molecule has 1 N–H and O–H groups in total. The summed E-state index contributed by atoms with van der Waals surface area (Å²) in [6, 6.07) is 9.98. The van der Waals surface area contributed by atoms with Crippen molar-refractivity contribution in [2.75, 3.05) is 5.32 Å². The minimum Gasteiger partial charge on any atom is -0.309 e. The Morgan fingerprint density at radius 2 is 1.87 bits per heavy atom. The van der Waals surface area contributed by atoms with Gasteiger partial charge in [0.25, 0.3) is 0 Å². The molecule has 122 valence electrons. The quantitative estimate of drug-likeness (QED) is 0.864. The zero-order valence-corrected chi connectivity index (χ0v) is 14.3. The number of aromatic nitrogens is 2. The lowest BCUT2D eigenvalue weighted by Crippen LogP contribution is -2.22. The standard InChI is InChI=1S/C19H25N3O/c1-5-14(4)19(23)22-18-16(11-13(2)3)21-17(12-20-18)15-9-7-6-8-10-15/h6-10,12-14H,5,11H2,1-4H3,(H,20,22,23). The Hall–Kier alpha value is -2.23. The number of nitrogens with zero attached hydrogens (tertiary/aromatic N) is 2. The average molecular weight is 311 g/mol. The van der Waals surface area contributed by atoms with Crippen molar-refractivity contribution >= 4 is 11.7 Å². The first kappa shape index (κ1) is 17.1. The van der Waals surface area contributed by atoms with E-state index in [1.165, 1.54) is 0 Å². The van der Waals surface area contributed by atoms with Crippen LogP contribution in [-0.4, -0.2) is 15.9 Å². The van der Waals surface area contributed by atoms with Crippen molar-refractivity contribution in [3.8, 4) is 11.3 Å². The zero-order valence-electron chi connectivity index (χ0n) is 14.3. The molecule has 0 saturated heterocycles. The summed E-state index contributed by atoms with van der Waals surface area (Å²) in [6.07, 6.45) is 3.32. The highest BCUT2D eigenvalue weighted by Crippen LogP contribution is 2.22. The van der Waals surface area contributed by atoms with E-state index in [0.29, 0.717) is 11.7 Å². The molecule has 4 heteroatoms. The van der Waals surface area contributed by atoms with Crippen molar-refractivity contribution in [2.45, 2.75) is 40.5 Å². The summed E-state index contributed by atoms with van der Waals surface area (Å²) in [5.41, 5.74) is 2.71. The second-order valence-corrected chi connectivity index (χ2v) is 6.31. The number of nitrogens with one attached hydrogen (secondary N) is 1. The zero-order chi connectivity index (χ0) is 16.8. The molecule has 4 nitrogen and oxygen atoms in total. The van der Waals surface area contributed by atoms with Gasteiger partial charge in [-0.25, -0.2) is 9.97 Å². The molecule has 0 aliphatic rings. The third-order valence-electron chi connectivity index (χ3n) is 3.82. The molecule has 1 amide bonds. The summed E-state index contributed by atoms with van der Waals surface area (Å²) in [5.74, 6) is 0.995. The molecular formula is C19H25N3O. The highest BCUT2D eigenvalue weighted by Gasteiger charge is 2.16. The molecule has 1 heterocycles. The Morgan fingerprint density at radius 1 is 1.17 bits per heavy atom. The first-order valence-corrected chi connectivity index (χ1v) is 8.23. The summed E-state index contributed by atoms with van der Waals surface area (Å²) in [6.45, 7) is 8.20. The van der Waals surface area contributed by atoms with Crippen LogP contribution in [0.2, 0.25) is 0 Å². The summed E-state index contributed by atoms with van der Waals surface area (Å²) >= 11 is 0. The highest BCUT2D eigenvalue weighted by atomic mass is 16.1. The number of carbonyl (C=O) groups is 1. The van der Waals surface area contributed by atoms with Crippen LogP contribution in [0.5, 0.6) is 0 Å². The molecule has 0 aliphatic carbocycles. The predicted octanol–water partition coefficient (Wildman–Crippen LogP) is 4.33. The van der Waals surface area contributed by atoms with Gasteiger partial charge in [0.1, 0.15) is 0 Å². The number of hydrogen-bond donors (Lipinski definition) is 1. The van der Waals surface area contributed by atoms with Crippen molar-refractivity contribution in [3.63, 3.8) is 0 Å². The fourth-order valence-corrected chi connectivity index (χ4v) is 2.23. The number of carbonyl (C=O) groups excluding carboxylic acids is 1. The second-order valence-electron chi connectivity index (χ2n) is 6.31. The van der Waals surface area contributed by atoms with Gasteiger partial charge >= 0.3 is 0 Å². The molecule has 0 spiro atoms. The predicted molar refractivity (Wildman–Crippen MR) is 94.1 cm³/mol. The molecule has 1 atom stereocenters. The number of rotatable bonds is 6. The monoisotopic (exact) mass is 311 g/mol. The molecular weight excluding hydrogens is 286 g/mol. The van der Waals surface area contributed by atoms with Crippen LogP contribution in [0.4, 0.5) is 5.82 Å². The average Bonchev–Trinajstić information content (AvgIpc) is 2.55. The van der Waals surface area contributed by atoms with E-state index in [2.05, 4.69) is 24.1 Å². The van der Waals surface area contributed by atoms with Crippen molar-refractivity contribution in [2.24, 2.45) is 11.8 Å². The molecule has 0 bridgehead atoms. The smallest absolute Gasteiger partial charge is 0.228 e. The maximum Gasteiger partial charge on any atom is 0.228 e. The van der Waals surface area contributed by atoms with Crippen molar-refractivity contribution in [1.29, 1.82) is 0 Å². The summed E-state index contributed by atoms with van der Waals surface area (Å²) in [4.78, 5) is 21.4. The minimum absolute atomic E-state index is 0.000678. The van der Waals surface area contributed by atoms with Gasteiger partial charge in [-0.05, 0) is 18.8 Å². The molecule has 0 aliphatic heterocycles. The van der Waals surface area contributed by atoms with Gasteiger partial charge in [0.15, 0.2) is 5.82 Å².